The molecule has 0 N–H and O–H groups in total. The molecule has 6 nitrogen and oxygen atoms in total. The number of rotatable bonds is 3. The van der Waals surface area contributed by atoms with E-state index >= 15 is 0 Å². The third-order valence-electron chi connectivity index (χ3n) is 4.63. The molecule has 4 rings (SSSR count). The van der Waals surface area contributed by atoms with Gasteiger partial charge in [0.25, 0.3) is 5.91 Å². The lowest BCUT2D eigenvalue weighted by Crippen LogP contribution is -2.49. The SMILES string of the molecule is COc1ccnc(N2CCN(C(=O)c3cc4c(s3)CCC4)CC2)n1. The van der Waals surface area contributed by atoms with E-state index in [1.54, 1.807) is 30.7 Å². The van der Waals surface area contributed by atoms with Gasteiger partial charge < -0.3 is 14.5 Å². The van der Waals surface area contributed by atoms with Crippen molar-refractivity contribution in [3.63, 3.8) is 0 Å². The van der Waals surface area contributed by atoms with Gasteiger partial charge in [0.1, 0.15) is 0 Å². The van der Waals surface area contributed by atoms with E-state index in [9.17, 15) is 4.79 Å². The Labute approximate surface area is 145 Å². The first-order chi connectivity index (χ1) is 11.7. The van der Waals surface area contributed by atoms with Crippen molar-refractivity contribution in [3.05, 3.63) is 33.6 Å². The molecule has 0 aromatic carbocycles. The van der Waals surface area contributed by atoms with Crippen molar-refractivity contribution < 1.29 is 9.53 Å². The van der Waals surface area contributed by atoms with Crippen LogP contribution in [-0.2, 0) is 12.8 Å². The largest absolute Gasteiger partial charge is 0.481 e. The fourth-order valence-corrected chi connectivity index (χ4v) is 4.52. The molecule has 0 radical (unpaired) electrons. The van der Waals surface area contributed by atoms with Crippen LogP contribution in [0, 0.1) is 0 Å². The van der Waals surface area contributed by atoms with Gasteiger partial charge in [-0.1, -0.05) is 0 Å². The van der Waals surface area contributed by atoms with E-state index in [2.05, 4.69) is 20.9 Å². The summed E-state index contributed by atoms with van der Waals surface area (Å²) in [6.45, 7) is 2.87. The Hall–Kier alpha value is -2.15. The lowest BCUT2D eigenvalue weighted by Gasteiger charge is -2.34. The number of aryl methyl sites for hydroxylation is 2. The van der Waals surface area contributed by atoms with E-state index < -0.39 is 0 Å². The highest BCUT2D eigenvalue weighted by Crippen LogP contribution is 2.31. The maximum Gasteiger partial charge on any atom is 0.264 e. The molecule has 1 fully saturated rings. The van der Waals surface area contributed by atoms with Crippen molar-refractivity contribution in [3.8, 4) is 5.88 Å². The number of carbonyl (C=O) groups is 1. The first-order valence-corrected chi connectivity index (χ1v) is 9.09. The lowest BCUT2D eigenvalue weighted by atomic mass is 10.2. The molecule has 126 valence electrons. The molecule has 0 spiro atoms. The van der Waals surface area contributed by atoms with Gasteiger partial charge in [-0.25, -0.2) is 4.98 Å². The maximum absolute atomic E-state index is 12.7. The summed E-state index contributed by atoms with van der Waals surface area (Å²) in [4.78, 5) is 27.7. The molecule has 0 unspecified atom stereocenters. The Morgan fingerprint density at radius 2 is 2.08 bits per heavy atom. The molecule has 0 atom stereocenters. The molecule has 1 aliphatic carbocycles. The Morgan fingerprint density at radius 3 is 2.83 bits per heavy atom. The topological polar surface area (TPSA) is 58.6 Å². The zero-order valence-corrected chi connectivity index (χ0v) is 14.5. The van der Waals surface area contributed by atoms with E-state index in [0.29, 0.717) is 24.9 Å². The first-order valence-electron chi connectivity index (χ1n) is 8.27. The van der Waals surface area contributed by atoms with Gasteiger partial charge in [0, 0.05) is 43.3 Å². The summed E-state index contributed by atoms with van der Waals surface area (Å²) in [6, 6.07) is 3.84. The monoisotopic (exact) mass is 344 g/mol. The van der Waals surface area contributed by atoms with Gasteiger partial charge in [0.2, 0.25) is 11.8 Å². The van der Waals surface area contributed by atoms with Crippen molar-refractivity contribution in [1.29, 1.82) is 0 Å². The average molecular weight is 344 g/mol. The zero-order valence-electron chi connectivity index (χ0n) is 13.7. The number of ether oxygens (including phenoxy) is 1. The lowest BCUT2D eigenvalue weighted by molar-refractivity contribution is 0.0751. The predicted molar refractivity (Wildman–Crippen MR) is 93.0 cm³/mol. The molecule has 1 saturated heterocycles. The Kier molecular flexibility index (Phi) is 4.10. The minimum absolute atomic E-state index is 0.167. The summed E-state index contributed by atoms with van der Waals surface area (Å²) in [5.41, 5.74) is 1.38. The van der Waals surface area contributed by atoms with Gasteiger partial charge in [0.05, 0.1) is 12.0 Å². The zero-order chi connectivity index (χ0) is 16.5. The number of fused-ring (bicyclic) bond motifs is 1. The number of hydrogen-bond acceptors (Lipinski definition) is 6. The second-order valence-corrected chi connectivity index (χ2v) is 7.23. The van der Waals surface area contributed by atoms with E-state index in [0.717, 1.165) is 30.8 Å². The predicted octanol–water partition coefficient (Wildman–Crippen LogP) is 2.00. The molecule has 2 aromatic rings. The highest BCUT2D eigenvalue weighted by Gasteiger charge is 2.26. The average Bonchev–Trinajstić information content (AvgIpc) is 3.23. The van der Waals surface area contributed by atoms with Gasteiger partial charge in [-0.2, -0.15) is 4.98 Å². The minimum atomic E-state index is 0.167. The number of thiophene rings is 1. The molecule has 0 saturated carbocycles. The number of aromatic nitrogens is 2. The third kappa shape index (κ3) is 2.84. The summed E-state index contributed by atoms with van der Waals surface area (Å²) in [6.07, 6.45) is 5.19. The summed E-state index contributed by atoms with van der Waals surface area (Å²) < 4.78 is 5.15. The highest BCUT2D eigenvalue weighted by molar-refractivity contribution is 7.14. The van der Waals surface area contributed by atoms with Crippen LogP contribution in [0.5, 0.6) is 5.88 Å². The van der Waals surface area contributed by atoms with Crippen molar-refractivity contribution in [2.45, 2.75) is 19.3 Å². The molecule has 2 aliphatic rings. The summed E-state index contributed by atoms with van der Waals surface area (Å²) in [7, 11) is 1.60. The van der Waals surface area contributed by atoms with Crippen molar-refractivity contribution in [1.82, 2.24) is 14.9 Å². The second-order valence-electron chi connectivity index (χ2n) is 6.09. The van der Waals surface area contributed by atoms with Crippen molar-refractivity contribution >= 4 is 23.2 Å². The van der Waals surface area contributed by atoms with Crippen LogP contribution >= 0.6 is 11.3 Å². The van der Waals surface area contributed by atoms with Gasteiger partial charge in [-0.3, -0.25) is 4.79 Å². The van der Waals surface area contributed by atoms with Crippen molar-refractivity contribution in [2.24, 2.45) is 0 Å². The van der Waals surface area contributed by atoms with Crippen LogP contribution < -0.4 is 9.64 Å². The Balaban J connectivity index is 1.40. The van der Waals surface area contributed by atoms with E-state index in [-0.39, 0.29) is 5.91 Å². The number of methoxy groups -OCH3 is 1. The maximum atomic E-state index is 12.7. The minimum Gasteiger partial charge on any atom is -0.481 e. The molecule has 1 amide bonds. The van der Waals surface area contributed by atoms with Gasteiger partial charge in [0.15, 0.2) is 0 Å². The molecule has 0 bridgehead atoms. The van der Waals surface area contributed by atoms with Crippen LogP contribution in [0.3, 0.4) is 0 Å². The first kappa shape index (κ1) is 15.4. The van der Waals surface area contributed by atoms with Crippen LogP contribution in [0.15, 0.2) is 18.3 Å². The Bertz CT molecular complexity index is 731. The third-order valence-corrected chi connectivity index (χ3v) is 5.86. The van der Waals surface area contributed by atoms with Crippen molar-refractivity contribution in [2.75, 3.05) is 38.2 Å². The van der Waals surface area contributed by atoms with Crippen LogP contribution in [0.4, 0.5) is 5.95 Å². The van der Waals surface area contributed by atoms with E-state index in [4.69, 9.17) is 4.74 Å². The van der Waals surface area contributed by atoms with Gasteiger partial charge >= 0.3 is 0 Å². The second kappa shape index (κ2) is 6.39. The highest BCUT2D eigenvalue weighted by atomic mass is 32.1. The van der Waals surface area contributed by atoms with E-state index in [1.165, 1.54) is 16.9 Å². The number of nitrogens with zero attached hydrogens (tertiary/aromatic N) is 4. The normalized spacial score (nSPS) is 17.0. The molecule has 7 heteroatoms. The van der Waals surface area contributed by atoms with Gasteiger partial charge in [-0.15, -0.1) is 11.3 Å². The summed E-state index contributed by atoms with van der Waals surface area (Å²) >= 11 is 1.68. The molecule has 24 heavy (non-hydrogen) atoms. The smallest absolute Gasteiger partial charge is 0.264 e. The fraction of sp³-hybridized carbons (Fsp3) is 0.471. The molecular weight excluding hydrogens is 324 g/mol. The quantitative estimate of drug-likeness (QED) is 0.852. The van der Waals surface area contributed by atoms with E-state index in [1.807, 2.05) is 4.90 Å². The standard InChI is InChI=1S/C17H20N4O2S/c1-23-15-5-6-18-17(19-15)21-9-7-20(8-10-21)16(22)14-11-12-3-2-4-13(12)24-14/h5-6,11H,2-4,7-10H2,1H3. The van der Waals surface area contributed by atoms with Crippen LogP contribution in [-0.4, -0.2) is 54.1 Å². The fourth-order valence-electron chi connectivity index (χ4n) is 3.30. The number of amides is 1. The number of piperazine rings is 1. The van der Waals surface area contributed by atoms with Crippen LogP contribution in [0.25, 0.3) is 0 Å². The Morgan fingerprint density at radius 1 is 1.25 bits per heavy atom. The van der Waals surface area contributed by atoms with Crippen LogP contribution in [0.2, 0.25) is 0 Å². The van der Waals surface area contributed by atoms with Crippen LogP contribution in [0.1, 0.15) is 26.5 Å². The van der Waals surface area contributed by atoms with Gasteiger partial charge in [-0.05, 0) is 30.9 Å². The molecule has 3 heterocycles. The number of anilines is 1. The summed E-state index contributed by atoms with van der Waals surface area (Å²) in [5, 5.41) is 0. The number of hydrogen-bond donors (Lipinski definition) is 0. The molecule has 1 aliphatic heterocycles. The number of carbonyl (C=O) groups excluding carboxylic acids is 1. The molecular formula is C17H20N4O2S. The summed E-state index contributed by atoms with van der Waals surface area (Å²) in [5.74, 6) is 1.39. The molecule has 2 aromatic heterocycles.